The molecule has 1 aliphatic heterocycles. The van der Waals surface area contributed by atoms with Crippen molar-refractivity contribution < 1.29 is 9.21 Å². The number of anilines is 1. The lowest BCUT2D eigenvalue weighted by Gasteiger charge is -2.14. The van der Waals surface area contributed by atoms with Crippen LogP contribution in [0.1, 0.15) is 5.56 Å². The van der Waals surface area contributed by atoms with Crippen molar-refractivity contribution in [1.29, 1.82) is 0 Å². The number of thioether (sulfide) groups is 1. The van der Waals surface area contributed by atoms with Crippen LogP contribution in [0, 0.1) is 0 Å². The Morgan fingerprint density at radius 1 is 1.08 bits per heavy atom. The fourth-order valence-electron chi connectivity index (χ4n) is 2.60. The van der Waals surface area contributed by atoms with E-state index in [1.807, 2.05) is 12.1 Å². The molecule has 1 aliphatic rings. The van der Waals surface area contributed by atoms with Crippen molar-refractivity contribution in [3.05, 3.63) is 80.5 Å². The van der Waals surface area contributed by atoms with Crippen LogP contribution in [0.2, 0.25) is 5.02 Å². The third kappa shape index (κ3) is 3.07. The lowest BCUT2D eigenvalue weighted by molar-refractivity contribution is -0.113. The Kier molecular flexibility index (Phi) is 4.40. The van der Waals surface area contributed by atoms with Gasteiger partial charge in [-0.05, 0) is 42.5 Å². The Morgan fingerprint density at radius 2 is 1.81 bits per heavy atom. The molecule has 4 rings (SSSR count). The molecule has 0 N–H and O–H groups in total. The minimum absolute atomic E-state index is 0.283. The summed E-state index contributed by atoms with van der Waals surface area (Å²) in [5, 5.41) is 1.36. The van der Waals surface area contributed by atoms with Crippen molar-refractivity contribution in [2.24, 2.45) is 0 Å². The molecule has 3 aromatic rings. The zero-order valence-corrected chi connectivity index (χ0v) is 15.5. The van der Waals surface area contributed by atoms with Crippen molar-refractivity contribution in [3.63, 3.8) is 0 Å². The quantitative estimate of drug-likeness (QED) is 0.350. The molecule has 1 amide bonds. The Balaban J connectivity index is 1.73. The summed E-state index contributed by atoms with van der Waals surface area (Å²) in [6.07, 6.45) is 1.52. The highest BCUT2D eigenvalue weighted by atomic mass is 35.5. The Hall–Kier alpha value is -2.41. The maximum Gasteiger partial charge on any atom is 0.343 e. The average molecular weight is 400 g/mol. The summed E-state index contributed by atoms with van der Waals surface area (Å²) in [5.74, 6) is -0.283. The van der Waals surface area contributed by atoms with Crippen LogP contribution in [0.4, 0.5) is 5.69 Å². The first-order valence-electron chi connectivity index (χ1n) is 7.59. The maximum absolute atomic E-state index is 12.8. The van der Waals surface area contributed by atoms with Crippen LogP contribution in [0.25, 0.3) is 17.0 Å². The zero-order chi connectivity index (χ0) is 18.3. The molecule has 0 saturated carbocycles. The van der Waals surface area contributed by atoms with E-state index >= 15 is 0 Å². The zero-order valence-electron chi connectivity index (χ0n) is 13.1. The highest BCUT2D eigenvalue weighted by Gasteiger charge is 2.33. The summed E-state index contributed by atoms with van der Waals surface area (Å²) in [6.45, 7) is 0. The third-order valence-corrected chi connectivity index (χ3v) is 5.39. The standard InChI is InChI=1S/C19H10ClNO3S2/c20-13-5-7-14(8-6-13)21-17(22)16(26-19(21)25)10-12-9-11-3-1-2-4-15(11)24-18(12)23/h1-10H/b16-10-. The van der Waals surface area contributed by atoms with Gasteiger partial charge in [-0.25, -0.2) is 4.79 Å². The van der Waals surface area contributed by atoms with Gasteiger partial charge in [0.25, 0.3) is 5.91 Å². The summed E-state index contributed by atoms with van der Waals surface area (Å²) in [6, 6.07) is 15.7. The molecule has 0 radical (unpaired) electrons. The smallest absolute Gasteiger partial charge is 0.343 e. The summed E-state index contributed by atoms with van der Waals surface area (Å²) in [7, 11) is 0. The van der Waals surface area contributed by atoms with Crippen molar-refractivity contribution in [1.82, 2.24) is 0 Å². The second-order valence-electron chi connectivity index (χ2n) is 5.52. The molecule has 128 valence electrons. The molecule has 4 nitrogen and oxygen atoms in total. The maximum atomic E-state index is 12.8. The number of carbonyl (C=O) groups excluding carboxylic acids is 1. The lowest BCUT2D eigenvalue weighted by Crippen LogP contribution is -2.27. The molecular formula is C19H10ClNO3S2. The number of hydrogen-bond acceptors (Lipinski definition) is 5. The summed E-state index contributed by atoms with van der Waals surface area (Å²) >= 11 is 12.4. The number of thiocarbonyl (C=S) groups is 1. The van der Waals surface area contributed by atoms with Gasteiger partial charge < -0.3 is 4.42 Å². The van der Waals surface area contributed by atoms with Crippen molar-refractivity contribution in [2.75, 3.05) is 4.90 Å². The van der Waals surface area contributed by atoms with E-state index in [1.54, 1.807) is 42.5 Å². The monoisotopic (exact) mass is 399 g/mol. The number of rotatable bonds is 2. The molecule has 0 bridgehead atoms. The van der Waals surface area contributed by atoms with Crippen LogP contribution in [0.5, 0.6) is 0 Å². The fraction of sp³-hybridized carbons (Fsp3) is 0. The van der Waals surface area contributed by atoms with E-state index in [0.29, 0.717) is 31.1 Å². The van der Waals surface area contributed by atoms with Crippen molar-refractivity contribution >= 4 is 68.5 Å². The Morgan fingerprint density at radius 3 is 2.58 bits per heavy atom. The molecule has 1 fully saturated rings. The predicted octanol–water partition coefficient (Wildman–Crippen LogP) is 4.85. The number of benzene rings is 2. The number of hydrogen-bond donors (Lipinski definition) is 0. The predicted molar refractivity (Wildman–Crippen MR) is 110 cm³/mol. The number of nitrogens with zero attached hydrogens (tertiary/aromatic N) is 1. The molecule has 1 saturated heterocycles. The van der Waals surface area contributed by atoms with Gasteiger partial charge in [0.05, 0.1) is 16.2 Å². The van der Waals surface area contributed by atoms with E-state index < -0.39 is 5.63 Å². The first-order chi connectivity index (χ1) is 12.5. The number of amides is 1. The normalized spacial score (nSPS) is 16.0. The van der Waals surface area contributed by atoms with Gasteiger partial charge in [-0.1, -0.05) is 53.8 Å². The molecule has 0 atom stereocenters. The SMILES string of the molecule is O=C1/C(=C/c2cc3ccccc3oc2=O)SC(=S)N1c1ccc(Cl)cc1. The molecule has 2 heterocycles. The van der Waals surface area contributed by atoms with Crippen LogP contribution >= 0.6 is 35.6 Å². The van der Waals surface area contributed by atoms with E-state index in [-0.39, 0.29) is 5.91 Å². The van der Waals surface area contributed by atoms with E-state index in [2.05, 4.69) is 0 Å². The van der Waals surface area contributed by atoms with E-state index in [0.717, 1.165) is 17.1 Å². The first kappa shape index (κ1) is 17.0. The molecule has 2 aromatic carbocycles. The van der Waals surface area contributed by atoms with Gasteiger partial charge in [-0.15, -0.1) is 0 Å². The first-order valence-corrected chi connectivity index (χ1v) is 9.19. The van der Waals surface area contributed by atoms with Crippen molar-refractivity contribution in [2.45, 2.75) is 0 Å². The topological polar surface area (TPSA) is 50.5 Å². The Labute approximate surface area is 163 Å². The van der Waals surface area contributed by atoms with Gasteiger partial charge in [0.2, 0.25) is 0 Å². The fourth-order valence-corrected chi connectivity index (χ4v) is 4.02. The summed E-state index contributed by atoms with van der Waals surface area (Å²) < 4.78 is 5.70. The van der Waals surface area contributed by atoms with Crippen LogP contribution in [-0.2, 0) is 4.79 Å². The molecule has 26 heavy (non-hydrogen) atoms. The van der Waals surface area contributed by atoms with Gasteiger partial charge in [-0.2, -0.15) is 0 Å². The summed E-state index contributed by atoms with van der Waals surface area (Å²) in [5.41, 5.74) is 0.940. The van der Waals surface area contributed by atoms with Crippen LogP contribution in [0.15, 0.2) is 68.7 Å². The van der Waals surface area contributed by atoms with Gasteiger partial charge in [0.15, 0.2) is 4.32 Å². The van der Waals surface area contributed by atoms with E-state index in [9.17, 15) is 9.59 Å². The minimum atomic E-state index is -0.500. The Bertz CT molecular complexity index is 1140. The van der Waals surface area contributed by atoms with Crippen LogP contribution in [0.3, 0.4) is 0 Å². The minimum Gasteiger partial charge on any atom is -0.422 e. The third-order valence-electron chi connectivity index (χ3n) is 3.83. The molecular weight excluding hydrogens is 390 g/mol. The highest BCUT2D eigenvalue weighted by molar-refractivity contribution is 8.27. The molecule has 0 unspecified atom stereocenters. The van der Waals surface area contributed by atoms with Gasteiger partial charge in [0, 0.05) is 10.4 Å². The van der Waals surface area contributed by atoms with Crippen LogP contribution < -0.4 is 10.5 Å². The molecule has 0 aliphatic carbocycles. The lowest BCUT2D eigenvalue weighted by atomic mass is 10.1. The van der Waals surface area contributed by atoms with Crippen LogP contribution in [-0.4, -0.2) is 10.2 Å². The number of para-hydroxylation sites is 1. The van der Waals surface area contributed by atoms with E-state index in [4.69, 9.17) is 28.2 Å². The second kappa shape index (κ2) is 6.72. The number of halogens is 1. The number of carbonyl (C=O) groups is 1. The molecule has 1 aromatic heterocycles. The van der Waals surface area contributed by atoms with Gasteiger partial charge >= 0.3 is 5.63 Å². The van der Waals surface area contributed by atoms with Crippen molar-refractivity contribution in [3.8, 4) is 0 Å². The largest absolute Gasteiger partial charge is 0.422 e. The second-order valence-corrected chi connectivity index (χ2v) is 7.63. The molecule has 7 heteroatoms. The van der Waals surface area contributed by atoms with Gasteiger partial charge in [0.1, 0.15) is 5.58 Å². The highest BCUT2D eigenvalue weighted by Crippen LogP contribution is 2.36. The average Bonchev–Trinajstić information content (AvgIpc) is 2.90. The summed E-state index contributed by atoms with van der Waals surface area (Å²) in [4.78, 5) is 26.8. The van der Waals surface area contributed by atoms with E-state index in [1.165, 1.54) is 11.0 Å². The number of fused-ring (bicyclic) bond motifs is 1. The van der Waals surface area contributed by atoms with Gasteiger partial charge in [-0.3, -0.25) is 9.69 Å². The molecule has 0 spiro atoms.